The number of aromatic nitrogens is 2. The van der Waals surface area contributed by atoms with Crippen molar-refractivity contribution < 1.29 is 9.59 Å². The van der Waals surface area contributed by atoms with Gasteiger partial charge in [-0.15, -0.1) is 0 Å². The molecule has 0 aliphatic heterocycles. The summed E-state index contributed by atoms with van der Waals surface area (Å²) in [6.07, 6.45) is 0. The lowest BCUT2D eigenvalue weighted by Gasteiger charge is -2.23. The molecule has 0 aliphatic carbocycles. The Bertz CT molecular complexity index is 819. The predicted molar refractivity (Wildman–Crippen MR) is 106 cm³/mol. The van der Waals surface area contributed by atoms with Crippen molar-refractivity contribution in [2.45, 2.75) is 53.1 Å². The molecule has 0 fully saturated rings. The van der Waals surface area contributed by atoms with Gasteiger partial charge in [0.25, 0.3) is 5.91 Å². The molecule has 2 N–H and O–H groups in total. The molecular weight excluding hydrogens is 396 g/mol. The molecule has 2 amide bonds. The minimum atomic E-state index is -0.617. The molecule has 1 aromatic carbocycles. The van der Waals surface area contributed by atoms with Gasteiger partial charge in [0, 0.05) is 11.1 Å². The molecule has 0 aliphatic rings. The molecule has 7 heteroatoms. The number of carbonyl (C=O) groups is 2. The number of rotatable bonds is 4. The Kier molecular flexibility index (Phi) is 5.91. The molecule has 0 radical (unpaired) electrons. The van der Waals surface area contributed by atoms with E-state index in [0.717, 1.165) is 21.5 Å². The Balaban J connectivity index is 2.09. The topological polar surface area (TPSA) is 76.0 Å². The van der Waals surface area contributed by atoms with Gasteiger partial charge in [-0.2, -0.15) is 5.10 Å². The Hall–Kier alpha value is -2.15. The van der Waals surface area contributed by atoms with E-state index in [-0.39, 0.29) is 17.4 Å². The van der Waals surface area contributed by atoms with E-state index in [2.05, 4.69) is 31.7 Å². The summed E-state index contributed by atoms with van der Waals surface area (Å²) in [6.45, 7) is 11.3. The summed E-state index contributed by atoms with van der Waals surface area (Å²) in [7, 11) is 0. The van der Waals surface area contributed by atoms with E-state index in [1.165, 1.54) is 0 Å². The average molecular weight is 421 g/mol. The molecule has 6 nitrogen and oxygen atoms in total. The summed E-state index contributed by atoms with van der Waals surface area (Å²) >= 11 is 3.51. The highest BCUT2D eigenvalue weighted by atomic mass is 79.9. The SMILES string of the molecule is Cc1nn(-c2ccc(C(=O)NC(C)C(=O)NC(C)(C)C)cc2)c(C)c1Br. The Morgan fingerprint density at radius 2 is 1.73 bits per heavy atom. The standard InChI is InChI=1S/C19H25BrN4O2/c1-11-16(20)13(3)24(23-11)15-9-7-14(8-10-15)18(26)21-12(2)17(25)22-19(4,5)6/h7-10,12H,1-6H3,(H,21,26)(H,22,25). The first kappa shape index (κ1) is 20.2. The van der Waals surface area contributed by atoms with Gasteiger partial charge < -0.3 is 10.6 Å². The molecule has 1 atom stereocenters. The van der Waals surface area contributed by atoms with Gasteiger partial charge in [0.2, 0.25) is 5.91 Å². The molecule has 0 saturated carbocycles. The lowest BCUT2D eigenvalue weighted by Crippen LogP contribution is -2.50. The van der Waals surface area contributed by atoms with Crippen molar-refractivity contribution >= 4 is 27.7 Å². The van der Waals surface area contributed by atoms with Gasteiger partial charge in [0.05, 0.1) is 21.5 Å². The second kappa shape index (κ2) is 7.61. The number of amides is 2. The Morgan fingerprint density at radius 1 is 1.15 bits per heavy atom. The van der Waals surface area contributed by atoms with E-state index in [1.54, 1.807) is 19.1 Å². The molecule has 1 unspecified atom stereocenters. The second-order valence-corrected chi connectivity index (χ2v) is 8.17. The van der Waals surface area contributed by atoms with Crippen molar-refractivity contribution in [3.05, 3.63) is 45.7 Å². The highest BCUT2D eigenvalue weighted by Gasteiger charge is 2.21. The van der Waals surface area contributed by atoms with Crippen LogP contribution in [-0.2, 0) is 4.79 Å². The fraction of sp³-hybridized carbons (Fsp3) is 0.421. The second-order valence-electron chi connectivity index (χ2n) is 7.38. The summed E-state index contributed by atoms with van der Waals surface area (Å²) in [5.74, 6) is -0.502. The number of nitrogens with one attached hydrogen (secondary N) is 2. The lowest BCUT2D eigenvalue weighted by atomic mass is 10.1. The molecular formula is C19H25BrN4O2. The van der Waals surface area contributed by atoms with Gasteiger partial charge >= 0.3 is 0 Å². The van der Waals surface area contributed by atoms with E-state index in [0.29, 0.717) is 5.56 Å². The fourth-order valence-electron chi connectivity index (χ4n) is 2.45. The zero-order valence-electron chi connectivity index (χ0n) is 16.0. The van der Waals surface area contributed by atoms with Crippen LogP contribution in [0.5, 0.6) is 0 Å². The first-order valence-corrected chi connectivity index (χ1v) is 9.24. The van der Waals surface area contributed by atoms with Crippen LogP contribution in [0.2, 0.25) is 0 Å². The summed E-state index contributed by atoms with van der Waals surface area (Å²) in [5.41, 5.74) is 2.91. The Labute approximate surface area is 162 Å². The van der Waals surface area contributed by atoms with Gasteiger partial charge in [-0.25, -0.2) is 4.68 Å². The van der Waals surface area contributed by atoms with Crippen LogP contribution in [0, 0.1) is 13.8 Å². The summed E-state index contributed by atoms with van der Waals surface area (Å²) < 4.78 is 2.79. The molecule has 26 heavy (non-hydrogen) atoms. The van der Waals surface area contributed by atoms with Crippen molar-refractivity contribution in [3.8, 4) is 5.69 Å². The van der Waals surface area contributed by atoms with Crippen LogP contribution in [0.25, 0.3) is 5.69 Å². The lowest BCUT2D eigenvalue weighted by molar-refractivity contribution is -0.124. The van der Waals surface area contributed by atoms with Gasteiger partial charge in [-0.1, -0.05) is 0 Å². The van der Waals surface area contributed by atoms with Crippen molar-refractivity contribution in [2.75, 3.05) is 0 Å². The summed E-state index contributed by atoms with van der Waals surface area (Å²) in [4.78, 5) is 24.5. The van der Waals surface area contributed by atoms with Crippen LogP contribution in [0.15, 0.2) is 28.7 Å². The van der Waals surface area contributed by atoms with Crippen LogP contribution in [-0.4, -0.2) is 33.2 Å². The van der Waals surface area contributed by atoms with Crippen LogP contribution < -0.4 is 10.6 Å². The number of aryl methyl sites for hydroxylation is 1. The van der Waals surface area contributed by atoms with Gasteiger partial charge in [0.15, 0.2) is 0 Å². The zero-order chi connectivity index (χ0) is 19.6. The number of halogens is 1. The van der Waals surface area contributed by atoms with Gasteiger partial charge in [-0.05, 0) is 81.7 Å². The van der Waals surface area contributed by atoms with Gasteiger partial charge in [0.1, 0.15) is 6.04 Å². The third-order valence-corrected chi connectivity index (χ3v) is 4.96. The minimum Gasteiger partial charge on any atom is -0.350 e. The predicted octanol–water partition coefficient (Wildman–Crippen LogP) is 3.28. The van der Waals surface area contributed by atoms with E-state index in [1.807, 2.05) is 51.4 Å². The highest BCUT2D eigenvalue weighted by molar-refractivity contribution is 9.10. The van der Waals surface area contributed by atoms with Gasteiger partial charge in [-0.3, -0.25) is 9.59 Å². The molecule has 2 rings (SSSR count). The monoisotopic (exact) mass is 420 g/mol. The maximum absolute atomic E-state index is 12.4. The van der Waals surface area contributed by atoms with Crippen LogP contribution in [0.4, 0.5) is 0 Å². The fourth-order valence-corrected chi connectivity index (χ4v) is 2.70. The summed E-state index contributed by atoms with van der Waals surface area (Å²) in [6, 6.07) is 6.50. The maximum Gasteiger partial charge on any atom is 0.251 e. The van der Waals surface area contributed by atoms with Crippen molar-refractivity contribution in [3.63, 3.8) is 0 Å². The highest BCUT2D eigenvalue weighted by Crippen LogP contribution is 2.23. The smallest absolute Gasteiger partial charge is 0.251 e. The normalized spacial score (nSPS) is 12.6. The molecule has 140 valence electrons. The zero-order valence-corrected chi connectivity index (χ0v) is 17.6. The van der Waals surface area contributed by atoms with E-state index < -0.39 is 6.04 Å². The van der Waals surface area contributed by atoms with E-state index in [4.69, 9.17) is 0 Å². The first-order valence-electron chi connectivity index (χ1n) is 8.44. The van der Waals surface area contributed by atoms with Crippen LogP contribution >= 0.6 is 15.9 Å². The number of hydrogen-bond acceptors (Lipinski definition) is 3. The van der Waals surface area contributed by atoms with Crippen LogP contribution in [0.3, 0.4) is 0 Å². The minimum absolute atomic E-state index is 0.213. The largest absolute Gasteiger partial charge is 0.350 e. The summed E-state index contributed by atoms with van der Waals surface area (Å²) in [5, 5.41) is 10.0. The average Bonchev–Trinajstić information content (AvgIpc) is 2.81. The quantitative estimate of drug-likeness (QED) is 0.796. The third-order valence-electron chi connectivity index (χ3n) is 3.82. The molecule has 2 aromatic rings. The maximum atomic E-state index is 12.4. The van der Waals surface area contributed by atoms with E-state index in [9.17, 15) is 9.59 Å². The number of hydrogen-bond donors (Lipinski definition) is 2. The van der Waals surface area contributed by atoms with Crippen molar-refractivity contribution in [1.29, 1.82) is 0 Å². The first-order chi connectivity index (χ1) is 12.0. The number of carbonyl (C=O) groups excluding carboxylic acids is 2. The molecule has 0 bridgehead atoms. The number of benzene rings is 1. The molecule has 0 spiro atoms. The van der Waals surface area contributed by atoms with Crippen molar-refractivity contribution in [1.82, 2.24) is 20.4 Å². The van der Waals surface area contributed by atoms with Crippen LogP contribution in [0.1, 0.15) is 49.4 Å². The molecule has 0 saturated heterocycles. The van der Waals surface area contributed by atoms with E-state index >= 15 is 0 Å². The number of nitrogens with zero attached hydrogens (tertiary/aromatic N) is 2. The Morgan fingerprint density at radius 3 is 2.19 bits per heavy atom. The molecule has 1 heterocycles. The third kappa shape index (κ3) is 4.72. The van der Waals surface area contributed by atoms with Crippen molar-refractivity contribution in [2.24, 2.45) is 0 Å². The molecule has 1 aromatic heterocycles.